The van der Waals surface area contributed by atoms with Gasteiger partial charge in [-0.05, 0) is 43.9 Å². The zero-order valence-electron chi connectivity index (χ0n) is 12.2. The number of ether oxygens (including phenoxy) is 1. The Kier molecular flexibility index (Phi) is 4.62. The lowest BCUT2D eigenvalue weighted by Gasteiger charge is -2.35. The molecule has 0 amide bonds. The van der Waals surface area contributed by atoms with E-state index in [0.29, 0.717) is 12.1 Å². The highest BCUT2D eigenvalue weighted by atomic mass is 31.0. The van der Waals surface area contributed by atoms with Crippen molar-refractivity contribution in [2.45, 2.75) is 44.9 Å². The first-order valence-corrected chi connectivity index (χ1v) is 7.22. The summed E-state index contributed by atoms with van der Waals surface area (Å²) in [5.41, 5.74) is 3.77. The minimum absolute atomic E-state index is 0.287. The molecule has 3 atom stereocenters. The Morgan fingerprint density at radius 3 is 2.79 bits per heavy atom. The zero-order chi connectivity index (χ0) is 14.0. The van der Waals surface area contributed by atoms with Gasteiger partial charge in [-0.3, -0.25) is 0 Å². The maximum Gasteiger partial charge on any atom is 0.0913 e. The van der Waals surface area contributed by atoms with E-state index in [-0.39, 0.29) is 5.60 Å². The molecule has 106 valence electrons. The van der Waals surface area contributed by atoms with E-state index in [9.17, 15) is 0 Å². The van der Waals surface area contributed by atoms with Crippen LogP contribution in [0.2, 0.25) is 0 Å². The Morgan fingerprint density at radius 1 is 1.42 bits per heavy atom. The highest BCUT2D eigenvalue weighted by Gasteiger charge is 2.30. The van der Waals surface area contributed by atoms with Crippen LogP contribution < -0.4 is 5.32 Å². The summed E-state index contributed by atoms with van der Waals surface area (Å²) in [5, 5.41) is 3.60. The Bertz CT molecular complexity index is 448. The van der Waals surface area contributed by atoms with Crippen LogP contribution in [0, 0.1) is 0 Å². The van der Waals surface area contributed by atoms with Gasteiger partial charge in [0.15, 0.2) is 0 Å². The molecule has 3 nitrogen and oxygen atoms in total. The Balaban J connectivity index is 2.42. The fourth-order valence-electron chi connectivity index (χ4n) is 2.92. The predicted octanol–water partition coefficient (Wildman–Crippen LogP) is 2.95. The molecular formula is C15H24NO2P. The molecule has 1 aliphatic rings. The van der Waals surface area contributed by atoms with Gasteiger partial charge in [-0.1, -0.05) is 18.2 Å². The predicted molar refractivity (Wildman–Crippen MR) is 81.2 cm³/mol. The Labute approximate surface area is 118 Å². The first kappa shape index (κ1) is 14.9. The van der Waals surface area contributed by atoms with E-state index >= 15 is 0 Å². The van der Waals surface area contributed by atoms with Crippen molar-refractivity contribution < 1.29 is 9.26 Å². The number of fused-ring (bicyclic) bond motifs is 1. The van der Waals surface area contributed by atoms with Crippen LogP contribution in [0.5, 0.6) is 0 Å². The Morgan fingerprint density at radius 2 is 2.16 bits per heavy atom. The van der Waals surface area contributed by atoms with Gasteiger partial charge in [0, 0.05) is 28.7 Å². The molecule has 0 bridgehead atoms. The summed E-state index contributed by atoms with van der Waals surface area (Å²) in [5.74, 6) is 0. The van der Waals surface area contributed by atoms with Gasteiger partial charge < -0.3 is 14.6 Å². The van der Waals surface area contributed by atoms with E-state index in [1.807, 2.05) is 0 Å². The highest BCUT2D eigenvalue weighted by Crippen LogP contribution is 2.36. The van der Waals surface area contributed by atoms with Gasteiger partial charge in [0.1, 0.15) is 0 Å². The standard InChI is InChI=1S/C15H24NO2P/c1-10-12-6-5-7-14(15(2,3)18-19)13(12)8-11(16-10)9-17-4/h5-7,10-11,16H,8-9,19H2,1-4H3/t10-,11+/m0/s1. The van der Waals surface area contributed by atoms with Crippen LogP contribution in [0.4, 0.5) is 0 Å². The molecule has 0 aliphatic carbocycles. The molecule has 0 fully saturated rings. The second-order valence-electron chi connectivity index (χ2n) is 5.75. The average Bonchev–Trinajstić information content (AvgIpc) is 2.38. The minimum Gasteiger partial charge on any atom is -0.383 e. The molecule has 2 rings (SSSR count). The first-order chi connectivity index (χ1) is 8.99. The van der Waals surface area contributed by atoms with Crippen molar-refractivity contribution in [1.29, 1.82) is 0 Å². The van der Waals surface area contributed by atoms with Gasteiger partial charge in [-0.15, -0.1) is 0 Å². The van der Waals surface area contributed by atoms with Crippen molar-refractivity contribution in [3.05, 3.63) is 34.9 Å². The van der Waals surface area contributed by atoms with E-state index in [1.54, 1.807) is 7.11 Å². The smallest absolute Gasteiger partial charge is 0.0913 e. The largest absolute Gasteiger partial charge is 0.383 e. The molecule has 1 aliphatic heterocycles. The third-order valence-electron chi connectivity index (χ3n) is 3.93. The number of rotatable bonds is 4. The van der Waals surface area contributed by atoms with Gasteiger partial charge in [0.2, 0.25) is 0 Å². The van der Waals surface area contributed by atoms with Crippen LogP contribution in [0.25, 0.3) is 0 Å². The van der Waals surface area contributed by atoms with Gasteiger partial charge in [0.05, 0.1) is 12.2 Å². The van der Waals surface area contributed by atoms with Crippen LogP contribution in [-0.4, -0.2) is 19.8 Å². The number of methoxy groups -OCH3 is 1. The SMILES string of the molecule is COC[C@H]1Cc2c(cccc2C(C)(C)OP)[C@H](C)N1. The van der Waals surface area contributed by atoms with Crippen LogP contribution in [0.1, 0.15) is 43.5 Å². The van der Waals surface area contributed by atoms with Crippen LogP contribution in [-0.2, 0) is 21.3 Å². The van der Waals surface area contributed by atoms with E-state index in [2.05, 4.69) is 53.8 Å². The average molecular weight is 281 g/mol. The Hall–Kier alpha value is -0.470. The van der Waals surface area contributed by atoms with Crippen LogP contribution >= 0.6 is 9.47 Å². The summed E-state index contributed by atoms with van der Waals surface area (Å²) in [6.07, 6.45) is 0.987. The highest BCUT2D eigenvalue weighted by molar-refractivity contribution is 7.09. The van der Waals surface area contributed by atoms with E-state index in [0.717, 1.165) is 13.0 Å². The van der Waals surface area contributed by atoms with E-state index < -0.39 is 0 Å². The number of hydrogen-bond acceptors (Lipinski definition) is 3. The lowest BCUT2D eigenvalue weighted by Crippen LogP contribution is -2.42. The summed E-state index contributed by atoms with van der Waals surface area (Å²) in [7, 11) is 4.14. The monoisotopic (exact) mass is 281 g/mol. The van der Waals surface area contributed by atoms with E-state index in [1.165, 1.54) is 16.7 Å². The maximum atomic E-state index is 5.59. The second-order valence-corrected chi connectivity index (χ2v) is 5.98. The van der Waals surface area contributed by atoms with Crippen molar-refractivity contribution in [2.75, 3.05) is 13.7 Å². The lowest BCUT2D eigenvalue weighted by atomic mass is 9.82. The molecule has 0 radical (unpaired) electrons. The maximum absolute atomic E-state index is 5.59. The van der Waals surface area contributed by atoms with Crippen molar-refractivity contribution in [2.24, 2.45) is 0 Å². The summed E-state index contributed by atoms with van der Waals surface area (Å²) in [4.78, 5) is 0. The van der Waals surface area contributed by atoms with Crippen molar-refractivity contribution >= 4 is 9.47 Å². The molecule has 0 aromatic heterocycles. The number of benzene rings is 1. The summed E-state index contributed by atoms with van der Waals surface area (Å²) in [6.45, 7) is 7.15. The number of hydrogen-bond donors (Lipinski definition) is 1. The number of nitrogens with one attached hydrogen (secondary N) is 1. The fraction of sp³-hybridized carbons (Fsp3) is 0.600. The third kappa shape index (κ3) is 3.00. The molecule has 0 spiro atoms. The molecule has 1 heterocycles. The van der Waals surface area contributed by atoms with Gasteiger partial charge in [0.25, 0.3) is 0 Å². The molecule has 0 saturated heterocycles. The van der Waals surface area contributed by atoms with E-state index in [4.69, 9.17) is 9.26 Å². The van der Waals surface area contributed by atoms with Gasteiger partial charge in [-0.2, -0.15) is 0 Å². The molecule has 1 unspecified atom stereocenters. The normalized spacial score (nSPS) is 23.2. The third-order valence-corrected chi connectivity index (χ3v) is 4.52. The lowest BCUT2D eigenvalue weighted by molar-refractivity contribution is 0.133. The van der Waals surface area contributed by atoms with Crippen LogP contribution in [0.3, 0.4) is 0 Å². The summed E-state index contributed by atoms with van der Waals surface area (Å²) in [6, 6.07) is 7.22. The fourth-order valence-corrected chi connectivity index (χ4v) is 3.05. The van der Waals surface area contributed by atoms with Gasteiger partial charge >= 0.3 is 0 Å². The molecule has 1 aromatic rings. The molecule has 1 aromatic carbocycles. The topological polar surface area (TPSA) is 30.5 Å². The zero-order valence-corrected chi connectivity index (χ0v) is 13.3. The quantitative estimate of drug-likeness (QED) is 0.861. The molecule has 4 heteroatoms. The minimum atomic E-state index is -0.287. The van der Waals surface area contributed by atoms with Crippen molar-refractivity contribution in [1.82, 2.24) is 5.32 Å². The van der Waals surface area contributed by atoms with Crippen molar-refractivity contribution in [3.63, 3.8) is 0 Å². The summed E-state index contributed by atoms with van der Waals surface area (Å²) >= 11 is 0. The molecule has 19 heavy (non-hydrogen) atoms. The summed E-state index contributed by atoms with van der Waals surface area (Å²) < 4.78 is 10.9. The second kappa shape index (κ2) is 5.88. The molecule has 0 saturated carbocycles. The molecule has 1 N–H and O–H groups in total. The first-order valence-electron chi connectivity index (χ1n) is 6.74. The van der Waals surface area contributed by atoms with Crippen LogP contribution in [0.15, 0.2) is 18.2 Å². The molecular weight excluding hydrogens is 257 g/mol. The van der Waals surface area contributed by atoms with Crippen molar-refractivity contribution in [3.8, 4) is 0 Å². The van der Waals surface area contributed by atoms with Gasteiger partial charge in [-0.25, -0.2) is 0 Å².